The summed E-state index contributed by atoms with van der Waals surface area (Å²) in [7, 11) is 0. The van der Waals surface area contributed by atoms with Gasteiger partial charge < -0.3 is 15.0 Å². The Bertz CT molecular complexity index is 539. The molecule has 0 spiro atoms. The van der Waals surface area contributed by atoms with E-state index < -0.39 is 0 Å². The lowest BCUT2D eigenvalue weighted by Gasteiger charge is -2.15. The predicted octanol–water partition coefficient (Wildman–Crippen LogP) is 3.10. The van der Waals surface area contributed by atoms with Crippen LogP contribution in [0.25, 0.3) is 5.65 Å². The quantitative estimate of drug-likeness (QED) is 0.783. The van der Waals surface area contributed by atoms with Crippen LogP contribution in [0.3, 0.4) is 0 Å². The standard InChI is InChI=1S/C14H23N5S/c1-4-6-15-12-10-19-8-7-16-14(19)13(18-12)17-11(2)5-9-20-3/h7-8,10-11,15H,4-6,9H2,1-3H3,(H,17,18). The first-order valence-corrected chi connectivity index (χ1v) is 8.47. The van der Waals surface area contributed by atoms with Crippen LogP contribution < -0.4 is 10.6 Å². The maximum absolute atomic E-state index is 4.65. The molecule has 2 N–H and O–H groups in total. The summed E-state index contributed by atoms with van der Waals surface area (Å²) < 4.78 is 2.01. The SMILES string of the molecule is CCCNc1cn2ccnc2c(NC(C)CCSC)n1. The molecule has 0 saturated carbocycles. The van der Waals surface area contributed by atoms with Crippen molar-refractivity contribution in [1.82, 2.24) is 14.4 Å². The summed E-state index contributed by atoms with van der Waals surface area (Å²) in [5, 5.41) is 6.80. The van der Waals surface area contributed by atoms with Crippen LogP contribution in [0.2, 0.25) is 0 Å². The van der Waals surface area contributed by atoms with Crippen molar-refractivity contribution < 1.29 is 0 Å². The summed E-state index contributed by atoms with van der Waals surface area (Å²) in [4.78, 5) is 9.02. The van der Waals surface area contributed by atoms with Crippen molar-refractivity contribution in [2.24, 2.45) is 0 Å². The first kappa shape index (κ1) is 15.0. The lowest BCUT2D eigenvalue weighted by molar-refractivity contribution is 0.766. The fraction of sp³-hybridized carbons (Fsp3) is 0.571. The van der Waals surface area contributed by atoms with Gasteiger partial charge in [-0.25, -0.2) is 9.97 Å². The van der Waals surface area contributed by atoms with Crippen molar-refractivity contribution in [3.05, 3.63) is 18.6 Å². The first-order valence-electron chi connectivity index (χ1n) is 7.07. The zero-order valence-corrected chi connectivity index (χ0v) is 13.2. The summed E-state index contributed by atoms with van der Waals surface area (Å²) in [5.41, 5.74) is 0.878. The molecule has 0 radical (unpaired) electrons. The Kier molecular flexibility index (Phi) is 5.52. The number of aromatic nitrogens is 3. The molecule has 6 heteroatoms. The van der Waals surface area contributed by atoms with E-state index in [-0.39, 0.29) is 0 Å². The maximum atomic E-state index is 4.65. The highest BCUT2D eigenvalue weighted by molar-refractivity contribution is 7.98. The van der Waals surface area contributed by atoms with Crippen LogP contribution in [-0.4, -0.2) is 39.0 Å². The molecule has 2 rings (SSSR count). The lowest BCUT2D eigenvalue weighted by Crippen LogP contribution is -2.18. The molecule has 2 heterocycles. The summed E-state index contributed by atoms with van der Waals surface area (Å²) >= 11 is 1.87. The van der Waals surface area contributed by atoms with Gasteiger partial charge in [0, 0.05) is 25.0 Å². The van der Waals surface area contributed by atoms with Crippen molar-refractivity contribution in [1.29, 1.82) is 0 Å². The zero-order valence-electron chi connectivity index (χ0n) is 12.4. The number of fused-ring (bicyclic) bond motifs is 1. The van der Waals surface area contributed by atoms with E-state index in [4.69, 9.17) is 0 Å². The third-order valence-electron chi connectivity index (χ3n) is 3.07. The number of nitrogens with zero attached hydrogens (tertiary/aromatic N) is 3. The summed E-state index contributed by atoms with van der Waals surface area (Å²) in [6, 6.07) is 0.386. The molecule has 0 aromatic carbocycles. The number of rotatable bonds is 8. The van der Waals surface area contributed by atoms with Gasteiger partial charge in [0.15, 0.2) is 11.5 Å². The van der Waals surface area contributed by atoms with E-state index in [1.54, 1.807) is 6.20 Å². The van der Waals surface area contributed by atoms with Crippen molar-refractivity contribution >= 4 is 29.0 Å². The molecule has 0 fully saturated rings. The highest BCUT2D eigenvalue weighted by Crippen LogP contribution is 2.18. The lowest BCUT2D eigenvalue weighted by atomic mass is 10.2. The average molecular weight is 293 g/mol. The second kappa shape index (κ2) is 7.38. The van der Waals surface area contributed by atoms with Gasteiger partial charge >= 0.3 is 0 Å². The Morgan fingerprint density at radius 3 is 3.05 bits per heavy atom. The molecular weight excluding hydrogens is 270 g/mol. The number of hydrogen-bond acceptors (Lipinski definition) is 5. The van der Waals surface area contributed by atoms with Gasteiger partial charge in [-0.3, -0.25) is 0 Å². The fourth-order valence-corrected chi connectivity index (χ4v) is 2.56. The van der Waals surface area contributed by atoms with Crippen LogP contribution in [0, 0.1) is 0 Å². The number of anilines is 2. The van der Waals surface area contributed by atoms with Crippen molar-refractivity contribution in [3.8, 4) is 0 Å². The molecule has 0 aliphatic rings. The fourth-order valence-electron chi connectivity index (χ4n) is 1.97. The van der Waals surface area contributed by atoms with Gasteiger partial charge in [-0.2, -0.15) is 11.8 Å². The molecule has 5 nitrogen and oxygen atoms in total. The van der Waals surface area contributed by atoms with Crippen molar-refractivity contribution in [3.63, 3.8) is 0 Å². The van der Waals surface area contributed by atoms with Gasteiger partial charge in [0.2, 0.25) is 0 Å². The molecule has 0 amide bonds. The summed E-state index contributed by atoms with van der Waals surface area (Å²) in [5.74, 6) is 2.88. The monoisotopic (exact) mass is 293 g/mol. The summed E-state index contributed by atoms with van der Waals surface area (Å²) in [6.45, 7) is 5.25. The largest absolute Gasteiger partial charge is 0.369 e. The number of imidazole rings is 1. The van der Waals surface area contributed by atoms with Gasteiger partial charge in [0.05, 0.1) is 6.20 Å². The Morgan fingerprint density at radius 1 is 1.45 bits per heavy atom. The topological polar surface area (TPSA) is 54.2 Å². The highest BCUT2D eigenvalue weighted by atomic mass is 32.2. The molecule has 2 aromatic heterocycles. The van der Waals surface area contributed by atoms with Crippen LogP contribution in [-0.2, 0) is 0 Å². The van der Waals surface area contributed by atoms with Crippen molar-refractivity contribution in [2.75, 3.05) is 29.2 Å². The van der Waals surface area contributed by atoms with Crippen LogP contribution in [0.5, 0.6) is 0 Å². The maximum Gasteiger partial charge on any atom is 0.180 e. The van der Waals surface area contributed by atoms with E-state index in [1.165, 1.54) is 0 Å². The molecule has 1 atom stereocenters. The van der Waals surface area contributed by atoms with E-state index in [1.807, 2.05) is 28.6 Å². The normalized spacial score (nSPS) is 12.6. The predicted molar refractivity (Wildman–Crippen MR) is 87.9 cm³/mol. The number of thioether (sulfide) groups is 1. The summed E-state index contributed by atoms with van der Waals surface area (Å²) in [6.07, 6.45) is 10.1. The van der Waals surface area contributed by atoms with E-state index in [0.717, 1.165) is 42.4 Å². The second-order valence-electron chi connectivity index (χ2n) is 4.89. The van der Waals surface area contributed by atoms with Gasteiger partial charge in [-0.05, 0) is 31.8 Å². The average Bonchev–Trinajstić information content (AvgIpc) is 2.91. The van der Waals surface area contributed by atoms with Gasteiger partial charge in [-0.15, -0.1) is 0 Å². The van der Waals surface area contributed by atoms with Crippen LogP contribution in [0.1, 0.15) is 26.7 Å². The van der Waals surface area contributed by atoms with Gasteiger partial charge in [0.25, 0.3) is 0 Å². The Morgan fingerprint density at radius 2 is 2.30 bits per heavy atom. The van der Waals surface area contributed by atoms with Gasteiger partial charge in [-0.1, -0.05) is 6.92 Å². The van der Waals surface area contributed by atoms with E-state index in [2.05, 4.69) is 40.7 Å². The van der Waals surface area contributed by atoms with Crippen LogP contribution in [0.4, 0.5) is 11.6 Å². The second-order valence-corrected chi connectivity index (χ2v) is 5.87. The van der Waals surface area contributed by atoms with Crippen LogP contribution >= 0.6 is 11.8 Å². The molecule has 0 aliphatic carbocycles. The Balaban J connectivity index is 2.18. The minimum atomic E-state index is 0.386. The third kappa shape index (κ3) is 3.79. The van der Waals surface area contributed by atoms with E-state index >= 15 is 0 Å². The minimum Gasteiger partial charge on any atom is -0.369 e. The van der Waals surface area contributed by atoms with Crippen molar-refractivity contribution in [2.45, 2.75) is 32.7 Å². The van der Waals surface area contributed by atoms with E-state index in [0.29, 0.717) is 6.04 Å². The molecule has 2 aromatic rings. The molecule has 110 valence electrons. The highest BCUT2D eigenvalue weighted by Gasteiger charge is 2.10. The molecule has 20 heavy (non-hydrogen) atoms. The molecular formula is C14H23N5S. The smallest absolute Gasteiger partial charge is 0.180 e. The van der Waals surface area contributed by atoms with Gasteiger partial charge in [0.1, 0.15) is 5.82 Å². The zero-order chi connectivity index (χ0) is 14.4. The first-order chi connectivity index (χ1) is 9.74. The Labute approximate surface area is 124 Å². The number of hydrogen-bond donors (Lipinski definition) is 2. The third-order valence-corrected chi connectivity index (χ3v) is 3.71. The molecule has 1 unspecified atom stereocenters. The van der Waals surface area contributed by atoms with E-state index in [9.17, 15) is 0 Å². The molecule has 0 bridgehead atoms. The Hall–Kier alpha value is -1.43. The van der Waals surface area contributed by atoms with Crippen LogP contribution in [0.15, 0.2) is 18.6 Å². The number of nitrogens with one attached hydrogen (secondary N) is 2. The molecule has 0 aliphatic heterocycles. The minimum absolute atomic E-state index is 0.386. The molecule has 0 saturated heterocycles.